The summed E-state index contributed by atoms with van der Waals surface area (Å²) in [6.45, 7) is 3.70. The fourth-order valence-corrected chi connectivity index (χ4v) is 4.85. The first-order valence-corrected chi connectivity index (χ1v) is 16.6. The van der Waals surface area contributed by atoms with Gasteiger partial charge in [-0.1, -0.05) is 42.2 Å². The van der Waals surface area contributed by atoms with Crippen LogP contribution in [0.15, 0.2) is 48.5 Å². The Morgan fingerprint density at radius 1 is 0.640 bits per heavy atom. The van der Waals surface area contributed by atoms with Crippen molar-refractivity contribution in [3.63, 3.8) is 0 Å². The zero-order chi connectivity index (χ0) is 35.4. The van der Waals surface area contributed by atoms with Gasteiger partial charge in [0.15, 0.2) is 0 Å². The first-order valence-electron chi connectivity index (χ1n) is 16.6. The fourth-order valence-electron chi connectivity index (χ4n) is 4.85. The number of benzene rings is 2. The maximum Gasteiger partial charge on any atom is 0.335 e. The molecule has 1 N–H and O–H groups in total. The summed E-state index contributed by atoms with van der Waals surface area (Å²) in [7, 11) is 0. The van der Waals surface area contributed by atoms with E-state index in [9.17, 15) is 24.0 Å². The summed E-state index contributed by atoms with van der Waals surface area (Å²) in [4.78, 5) is 66.5. The predicted octanol–water partition coefficient (Wildman–Crippen LogP) is 1.91. The van der Waals surface area contributed by atoms with E-state index in [1.54, 1.807) is 4.90 Å². The number of para-hydroxylation sites is 1. The summed E-state index contributed by atoms with van der Waals surface area (Å²) in [5.41, 5.74) is 3.41. The normalized spacial score (nSPS) is 13.5. The molecular formula is C36H43N3O11. The number of imide groups is 1. The van der Waals surface area contributed by atoms with Gasteiger partial charge in [0.1, 0.15) is 0 Å². The molecule has 0 unspecified atom stereocenters. The van der Waals surface area contributed by atoms with E-state index in [4.69, 9.17) is 28.5 Å². The Hall–Kier alpha value is -4.65. The van der Waals surface area contributed by atoms with Gasteiger partial charge in [-0.3, -0.25) is 19.2 Å². The van der Waals surface area contributed by atoms with Crippen LogP contribution in [0.5, 0.6) is 0 Å². The second-order valence-electron chi connectivity index (χ2n) is 11.1. The maximum atomic E-state index is 13.2. The van der Waals surface area contributed by atoms with E-state index in [0.717, 1.165) is 22.4 Å². The Bertz CT molecular complexity index is 1500. The molecule has 0 saturated carbocycles. The Morgan fingerprint density at radius 2 is 1.16 bits per heavy atom. The highest BCUT2D eigenvalue weighted by Gasteiger charge is 2.32. The molecule has 2 aliphatic rings. The molecule has 0 aliphatic carbocycles. The summed E-state index contributed by atoms with van der Waals surface area (Å²) >= 11 is 0. The SMILES string of the molecule is O=C(CCOCCOCCOCCOCCOCCC(=O)ON1C(=O)CCC1=O)NCCC(=O)N1Cc2ccccc2C#Cc2ccccc21. The molecule has 14 nitrogen and oxygen atoms in total. The lowest BCUT2D eigenvalue weighted by atomic mass is 10.0. The summed E-state index contributed by atoms with van der Waals surface area (Å²) in [5, 5.41) is 3.31. The van der Waals surface area contributed by atoms with E-state index >= 15 is 0 Å². The lowest BCUT2D eigenvalue weighted by Gasteiger charge is -2.26. The van der Waals surface area contributed by atoms with E-state index in [2.05, 4.69) is 17.2 Å². The van der Waals surface area contributed by atoms with Crippen molar-refractivity contribution in [1.82, 2.24) is 10.4 Å². The van der Waals surface area contributed by atoms with Gasteiger partial charge in [-0.2, -0.15) is 0 Å². The molecule has 2 aromatic rings. The van der Waals surface area contributed by atoms with Gasteiger partial charge in [0.05, 0.1) is 84.7 Å². The number of carbonyl (C=O) groups excluding carboxylic acids is 5. The van der Waals surface area contributed by atoms with Gasteiger partial charge in [0.2, 0.25) is 11.8 Å². The summed E-state index contributed by atoms with van der Waals surface area (Å²) in [5.74, 6) is 4.34. The van der Waals surface area contributed by atoms with Crippen molar-refractivity contribution in [3.05, 3.63) is 65.2 Å². The molecule has 4 amide bonds. The molecule has 0 spiro atoms. The molecule has 0 radical (unpaired) electrons. The second kappa shape index (κ2) is 21.4. The number of amides is 4. The van der Waals surface area contributed by atoms with Crippen molar-refractivity contribution < 1.29 is 52.5 Å². The summed E-state index contributed by atoms with van der Waals surface area (Å²) in [6.07, 6.45) is 0.337. The molecule has 14 heteroatoms. The monoisotopic (exact) mass is 693 g/mol. The zero-order valence-electron chi connectivity index (χ0n) is 28.0. The van der Waals surface area contributed by atoms with E-state index in [0.29, 0.717) is 57.9 Å². The maximum absolute atomic E-state index is 13.2. The third-order valence-corrected chi connectivity index (χ3v) is 7.45. The first kappa shape index (κ1) is 38.2. The molecule has 2 heterocycles. The Morgan fingerprint density at radius 3 is 1.80 bits per heavy atom. The number of nitrogens with zero attached hydrogens (tertiary/aromatic N) is 2. The molecular weight excluding hydrogens is 650 g/mol. The van der Waals surface area contributed by atoms with Crippen molar-refractivity contribution in [2.45, 2.75) is 38.6 Å². The number of hydrogen-bond acceptors (Lipinski definition) is 11. The molecule has 50 heavy (non-hydrogen) atoms. The van der Waals surface area contributed by atoms with Gasteiger partial charge in [0.25, 0.3) is 11.8 Å². The van der Waals surface area contributed by atoms with Crippen LogP contribution in [0.4, 0.5) is 5.69 Å². The third-order valence-electron chi connectivity index (χ3n) is 7.45. The Balaban J connectivity index is 0.929. The van der Waals surface area contributed by atoms with Crippen molar-refractivity contribution in [2.24, 2.45) is 0 Å². The van der Waals surface area contributed by atoms with Crippen molar-refractivity contribution in [1.29, 1.82) is 0 Å². The lowest BCUT2D eigenvalue weighted by molar-refractivity contribution is -0.198. The Kier molecular flexibility index (Phi) is 16.4. The van der Waals surface area contributed by atoms with Crippen molar-refractivity contribution in [2.75, 3.05) is 77.5 Å². The number of hydrogen-bond donors (Lipinski definition) is 1. The molecule has 4 rings (SSSR count). The summed E-state index contributed by atoms with van der Waals surface area (Å²) in [6, 6.07) is 15.4. The third kappa shape index (κ3) is 13.0. The van der Waals surface area contributed by atoms with Crippen LogP contribution >= 0.6 is 0 Å². The van der Waals surface area contributed by atoms with Crippen LogP contribution in [0, 0.1) is 11.8 Å². The van der Waals surface area contributed by atoms with Gasteiger partial charge < -0.3 is 38.7 Å². The van der Waals surface area contributed by atoms with Crippen LogP contribution in [0.1, 0.15) is 48.8 Å². The smallest absolute Gasteiger partial charge is 0.335 e. The number of nitrogens with one attached hydrogen (secondary N) is 1. The van der Waals surface area contributed by atoms with Crippen LogP contribution in [0.3, 0.4) is 0 Å². The van der Waals surface area contributed by atoms with Gasteiger partial charge in [0, 0.05) is 43.4 Å². The number of ether oxygens (including phenoxy) is 5. The van der Waals surface area contributed by atoms with Crippen LogP contribution in [-0.4, -0.2) is 107 Å². The molecule has 2 aliphatic heterocycles. The minimum atomic E-state index is -0.712. The Labute approximate surface area is 291 Å². The molecule has 1 saturated heterocycles. The van der Waals surface area contributed by atoms with Crippen LogP contribution in [0.25, 0.3) is 0 Å². The quantitative estimate of drug-likeness (QED) is 0.109. The van der Waals surface area contributed by atoms with Gasteiger partial charge in [-0.25, -0.2) is 4.79 Å². The average molecular weight is 694 g/mol. The van der Waals surface area contributed by atoms with Gasteiger partial charge >= 0.3 is 5.97 Å². The van der Waals surface area contributed by atoms with E-state index in [-0.39, 0.29) is 70.3 Å². The number of hydroxylamine groups is 2. The van der Waals surface area contributed by atoms with Gasteiger partial charge in [-0.15, -0.1) is 5.06 Å². The number of anilines is 1. The van der Waals surface area contributed by atoms with Crippen molar-refractivity contribution in [3.8, 4) is 11.8 Å². The van der Waals surface area contributed by atoms with E-state index in [1.807, 2.05) is 48.5 Å². The highest BCUT2D eigenvalue weighted by atomic mass is 16.7. The number of rotatable bonds is 22. The molecule has 0 aromatic heterocycles. The summed E-state index contributed by atoms with van der Waals surface area (Å²) < 4.78 is 27.0. The largest absolute Gasteiger partial charge is 0.379 e. The number of carbonyl (C=O) groups is 5. The molecule has 0 atom stereocenters. The average Bonchev–Trinajstić information content (AvgIpc) is 3.42. The fraction of sp³-hybridized carbons (Fsp3) is 0.472. The molecule has 2 aromatic carbocycles. The van der Waals surface area contributed by atoms with E-state index < -0.39 is 17.8 Å². The van der Waals surface area contributed by atoms with Crippen LogP contribution in [-0.2, 0) is 59.0 Å². The minimum Gasteiger partial charge on any atom is -0.379 e. The predicted molar refractivity (Wildman–Crippen MR) is 178 cm³/mol. The minimum absolute atomic E-state index is 0.0488. The molecule has 1 fully saturated rings. The zero-order valence-corrected chi connectivity index (χ0v) is 28.0. The lowest BCUT2D eigenvalue weighted by Crippen LogP contribution is -2.35. The van der Waals surface area contributed by atoms with E-state index in [1.165, 1.54) is 0 Å². The highest BCUT2D eigenvalue weighted by molar-refractivity contribution is 6.01. The van der Waals surface area contributed by atoms with Crippen LogP contribution in [0.2, 0.25) is 0 Å². The van der Waals surface area contributed by atoms with Crippen LogP contribution < -0.4 is 10.2 Å². The second-order valence-corrected chi connectivity index (χ2v) is 11.1. The molecule has 0 bridgehead atoms. The first-order chi connectivity index (χ1) is 24.4. The highest BCUT2D eigenvalue weighted by Crippen LogP contribution is 2.25. The topological polar surface area (TPSA) is 159 Å². The molecule has 268 valence electrons. The number of fused-ring (bicyclic) bond motifs is 2. The van der Waals surface area contributed by atoms with Crippen molar-refractivity contribution >= 4 is 35.3 Å². The standard InChI is InChI=1S/C36H43N3O11/c40-32(37-16-13-33(41)38-27-30-7-2-1-5-28(30)9-10-29-6-3-4-8-31(29)38)14-17-45-19-21-47-23-25-49-26-24-48-22-20-46-18-15-36(44)50-39-34(42)11-12-35(39)43/h1-8H,11-27H2,(H,37,40). The van der Waals surface area contributed by atoms with Gasteiger partial charge in [-0.05, 0) is 23.8 Å².